The van der Waals surface area contributed by atoms with Crippen molar-refractivity contribution >= 4 is 11.2 Å². The number of hydrogen-bond acceptors (Lipinski definition) is 3. The van der Waals surface area contributed by atoms with Gasteiger partial charge in [0.05, 0.1) is 11.6 Å². The third kappa shape index (κ3) is 1.72. The molecular weight excluding hydrogens is 224 g/mol. The summed E-state index contributed by atoms with van der Waals surface area (Å²) in [4.78, 5) is 12.2. The molecule has 18 heavy (non-hydrogen) atoms. The van der Waals surface area contributed by atoms with Gasteiger partial charge in [-0.1, -0.05) is 0 Å². The topological polar surface area (TPSA) is 67.6 Å². The van der Waals surface area contributed by atoms with E-state index in [2.05, 4.69) is 15.0 Å². The molecule has 0 spiro atoms. The molecule has 2 saturated carbocycles. The van der Waals surface area contributed by atoms with Crippen molar-refractivity contribution in [1.29, 1.82) is 0 Å². The predicted molar refractivity (Wildman–Crippen MR) is 69.8 cm³/mol. The predicted octanol–water partition coefficient (Wildman–Crippen LogP) is 2.39. The maximum atomic E-state index is 6.46. The molecule has 2 aliphatic carbocycles. The minimum atomic E-state index is 0.0548. The van der Waals surface area contributed by atoms with E-state index in [9.17, 15) is 0 Å². The second-order valence-corrected chi connectivity index (χ2v) is 5.77. The third-order valence-electron chi connectivity index (χ3n) is 4.34. The fourth-order valence-electron chi connectivity index (χ4n) is 3.14. The van der Waals surface area contributed by atoms with Gasteiger partial charge in [0.25, 0.3) is 0 Å². The first-order valence-electron chi connectivity index (χ1n) is 6.89. The SMILES string of the molecule is NC(c1nc2ncccc2[nH]1)C(C1CC1)C1CC1. The molecule has 3 N–H and O–H groups in total. The van der Waals surface area contributed by atoms with Crippen molar-refractivity contribution in [3.8, 4) is 0 Å². The van der Waals surface area contributed by atoms with E-state index in [-0.39, 0.29) is 6.04 Å². The van der Waals surface area contributed by atoms with Crippen molar-refractivity contribution in [3.63, 3.8) is 0 Å². The quantitative estimate of drug-likeness (QED) is 0.865. The molecule has 0 aliphatic heterocycles. The number of imidazole rings is 1. The number of nitrogens with two attached hydrogens (primary N) is 1. The van der Waals surface area contributed by atoms with Crippen LogP contribution in [0.4, 0.5) is 0 Å². The highest BCUT2D eigenvalue weighted by molar-refractivity contribution is 5.70. The van der Waals surface area contributed by atoms with Crippen molar-refractivity contribution < 1.29 is 0 Å². The Balaban J connectivity index is 1.67. The van der Waals surface area contributed by atoms with Crippen molar-refractivity contribution in [1.82, 2.24) is 15.0 Å². The van der Waals surface area contributed by atoms with Gasteiger partial charge in [-0.2, -0.15) is 0 Å². The van der Waals surface area contributed by atoms with E-state index in [0.29, 0.717) is 5.92 Å². The molecule has 4 heteroatoms. The lowest BCUT2D eigenvalue weighted by Crippen LogP contribution is -2.25. The molecule has 0 amide bonds. The number of nitrogens with one attached hydrogen (secondary N) is 1. The van der Waals surface area contributed by atoms with E-state index in [0.717, 1.165) is 28.8 Å². The highest BCUT2D eigenvalue weighted by Crippen LogP contribution is 2.53. The van der Waals surface area contributed by atoms with E-state index < -0.39 is 0 Å². The van der Waals surface area contributed by atoms with Gasteiger partial charge in [-0.05, 0) is 55.6 Å². The Hall–Kier alpha value is -1.42. The summed E-state index contributed by atoms with van der Waals surface area (Å²) in [5.41, 5.74) is 8.24. The van der Waals surface area contributed by atoms with E-state index >= 15 is 0 Å². The molecule has 2 aliphatic rings. The van der Waals surface area contributed by atoms with Crippen LogP contribution in [0, 0.1) is 17.8 Å². The van der Waals surface area contributed by atoms with Crippen LogP contribution in [0.3, 0.4) is 0 Å². The monoisotopic (exact) mass is 242 g/mol. The van der Waals surface area contributed by atoms with Crippen LogP contribution in [0.25, 0.3) is 11.2 Å². The fraction of sp³-hybridized carbons (Fsp3) is 0.571. The average Bonchev–Trinajstić information content (AvgIpc) is 3.30. The first-order valence-corrected chi connectivity index (χ1v) is 6.89. The van der Waals surface area contributed by atoms with Crippen LogP contribution in [0.15, 0.2) is 18.3 Å². The normalized spacial score (nSPS) is 21.7. The zero-order valence-corrected chi connectivity index (χ0v) is 10.3. The van der Waals surface area contributed by atoms with Gasteiger partial charge in [-0.25, -0.2) is 9.97 Å². The summed E-state index contributed by atoms with van der Waals surface area (Å²) in [6.07, 6.45) is 7.19. The smallest absolute Gasteiger partial charge is 0.177 e. The van der Waals surface area contributed by atoms with Crippen LogP contribution in [-0.2, 0) is 0 Å². The number of rotatable bonds is 4. The van der Waals surface area contributed by atoms with Crippen LogP contribution < -0.4 is 5.73 Å². The zero-order chi connectivity index (χ0) is 12.1. The van der Waals surface area contributed by atoms with Crippen LogP contribution >= 0.6 is 0 Å². The van der Waals surface area contributed by atoms with E-state index in [1.54, 1.807) is 6.20 Å². The number of aromatic nitrogens is 3. The van der Waals surface area contributed by atoms with Gasteiger partial charge in [0, 0.05) is 6.20 Å². The van der Waals surface area contributed by atoms with Crippen LogP contribution in [0.5, 0.6) is 0 Å². The molecule has 0 bridgehead atoms. The Morgan fingerprint density at radius 3 is 2.56 bits per heavy atom. The van der Waals surface area contributed by atoms with Gasteiger partial charge in [-0.3, -0.25) is 0 Å². The number of nitrogens with zero attached hydrogens (tertiary/aromatic N) is 2. The summed E-state index contributed by atoms with van der Waals surface area (Å²) in [6, 6.07) is 3.99. The van der Waals surface area contributed by atoms with Gasteiger partial charge in [0.15, 0.2) is 5.65 Å². The van der Waals surface area contributed by atoms with E-state index in [1.807, 2.05) is 12.1 Å². The van der Waals surface area contributed by atoms with Gasteiger partial charge in [-0.15, -0.1) is 0 Å². The minimum absolute atomic E-state index is 0.0548. The Kier molecular flexibility index (Phi) is 2.21. The Morgan fingerprint density at radius 2 is 1.94 bits per heavy atom. The summed E-state index contributed by atoms with van der Waals surface area (Å²) in [5.74, 6) is 3.24. The standard InChI is InChI=1S/C14H18N4/c15-12(11(8-3-4-8)9-5-6-9)14-17-10-2-1-7-16-13(10)18-14/h1-2,7-9,11-12H,3-6,15H2,(H,16,17,18). The average molecular weight is 242 g/mol. The summed E-state index contributed by atoms with van der Waals surface area (Å²) in [7, 11) is 0. The van der Waals surface area contributed by atoms with Gasteiger partial charge < -0.3 is 10.7 Å². The minimum Gasteiger partial charge on any atom is -0.339 e. The zero-order valence-electron chi connectivity index (χ0n) is 10.3. The number of fused-ring (bicyclic) bond motifs is 1. The molecule has 0 radical (unpaired) electrons. The molecule has 94 valence electrons. The lowest BCUT2D eigenvalue weighted by Gasteiger charge is -2.21. The molecule has 0 aromatic carbocycles. The molecule has 2 aromatic heterocycles. The molecule has 1 unspecified atom stereocenters. The van der Waals surface area contributed by atoms with Crippen molar-refractivity contribution in [2.75, 3.05) is 0 Å². The lowest BCUT2D eigenvalue weighted by atomic mass is 9.89. The largest absolute Gasteiger partial charge is 0.339 e. The molecule has 2 heterocycles. The molecule has 4 rings (SSSR count). The first-order chi connectivity index (χ1) is 8.83. The second-order valence-electron chi connectivity index (χ2n) is 5.77. The summed E-state index contributed by atoms with van der Waals surface area (Å²) in [6.45, 7) is 0. The summed E-state index contributed by atoms with van der Waals surface area (Å²) >= 11 is 0. The fourth-order valence-corrected chi connectivity index (χ4v) is 3.14. The lowest BCUT2D eigenvalue weighted by molar-refractivity contribution is 0.327. The molecule has 0 saturated heterocycles. The van der Waals surface area contributed by atoms with Crippen LogP contribution in [0.1, 0.15) is 37.5 Å². The number of H-pyrrole nitrogens is 1. The molecule has 2 fully saturated rings. The van der Waals surface area contributed by atoms with Gasteiger partial charge in [0.1, 0.15) is 5.82 Å². The van der Waals surface area contributed by atoms with Crippen molar-refractivity contribution in [2.45, 2.75) is 31.7 Å². The Labute approximate surface area is 106 Å². The van der Waals surface area contributed by atoms with E-state index in [4.69, 9.17) is 5.73 Å². The highest BCUT2D eigenvalue weighted by Gasteiger charge is 2.45. The van der Waals surface area contributed by atoms with E-state index in [1.165, 1.54) is 25.7 Å². The summed E-state index contributed by atoms with van der Waals surface area (Å²) in [5, 5.41) is 0. The maximum Gasteiger partial charge on any atom is 0.177 e. The van der Waals surface area contributed by atoms with Crippen molar-refractivity contribution in [2.24, 2.45) is 23.5 Å². The number of pyridine rings is 1. The molecular formula is C14H18N4. The molecule has 2 aromatic rings. The molecule has 1 atom stereocenters. The Morgan fingerprint density at radius 1 is 1.22 bits per heavy atom. The van der Waals surface area contributed by atoms with Crippen LogP contribution in [0.2, 0.25) is 0 Å². The van der Waals surface area contributed by atoms with Crippen LogP contribution in [-0.4, -0.2) is 15.0 Å². The van der Waals surface area contributed by atoms with Gasteiger partial charge in [0.2, 0.25) is 0 Å². The van der Waals surface area contributed by atoms with Crippen molar-refractivity contribution in [3.05, 3.63) is 24.2 Å². The number of hydrogen-bond donors (Lipinski definition) is 2. The second kappa shape index (κ2) is 3.79. The Bertz CT molecular complexity index is 523. The first kappa shape index (κ1) is 10.5. The highest BCUT2D eigenvalue weighted by atomic mass is 15.0. The maximum absolute atomic E-state index is 6.46. The van der Waals surface area contributed by atoms with Gasteiger partial charge >= 0.3 is 0 Å². The molecule has 4 nitrogen and oxygen atoms in total. The third-order valence-corrected chi connectivity index (χ3v) is 4.34. The number of aromatic amines is 1. The summed E-state index contributed by atoms with van der Waals surface area (Å²) < 4.78 is 0.